The lowest BCUT2D eigenvalue weighted by Crippen LogP contribution is -2.62. The number of aromatic hydroxyl groups is 1. The maximum atomic E-state index is 13.2. The summed E-state index contributed by atoms with van der Waals surface area (Å²) >= 11 is 0. The number of aliphatic carboxylic acids is 2. The summed E-state index contributed by atoms with van der Waals surface area (Å²) in [6.07, 6.45) is 5.24. The van der Waals surface area contributed by atoms with Crippen molar-refractivity contribution in [3.8, 4) is 5.75 Å². The van der Waals surface area contributed by atoms with Gasteiger partial charge in [0.15, 0.2) is 5.41 Å². The van der Waals surface area contributed by atoms with Crippen molar-refractivity contribution in [2.75, 3.05) is 14.1 Å². The van der Waals surface area contributed by atoms with E-state index in [9.17, 15) is 24.9 Å². The number of nitrogens with zero attached hydrogens (tertiary/aromatic N) is 2. The molecule has 1 aromatic carbocycles. The molecule has 49 heavy (non-hydrogen) atoms. The topological polar surface area (TPSA) is 101 Å². The number of hydrogen-bond acceptors (Lipinski definition) is 5. The largest absolute Gasteiger partial charge is 0.507 e. The van der Waals surface area contributed by atoms with Gasteiger partial charge in [-0.3, -0.25) is 19.4 Å². The molecule has 0 unspecified atom stereocenters. The van der Waals surface area contributed by atoms with E-state index in [4.69, 9.17) is 0 Å². The van der Waals surface area contributed by atoms with Gasteiger partial charge in [0.05, 0.1) is 0 Å². The molecule has 2 saturated heterocycles. The molecular weight excluding hydrogens is 612 g/mol. The molecule has 3 rings (SSSR count). The van der Waals surface area contributed by atoms with E-state index >= 15 is 0 Å². The first-order valence-corrected chi connectivity index (χ1v) is 18.7. The van der Waals surface area contributed by atoms with Gasteiger partial charge in [0.1, 0.15) is 5.75 Å². The fraction of sp³-hybridized carbons (Fsp3) is 0.810. The van der Waals surface area contributed by atoms with Gasteiger partial charge in [0, 0.05) is 28.6 Å². The second kappa shape index (κ2) is 13.5. The van der Waals surface area contributed by atoms with Crippen LogP contribution in [0.1, 0.15) is 159 Å². The van der Waals surface area contributed by atoms with Gasteiger partial charge in [-0.15, -0.1) is 0 Å². The van der Waals surface area contributed by atoms with Gasteiger partial charge in [-0.05, 0) is 153 Å². The highest BCUT2D eigenvalue weighted by Crippen LogP contribution is 2.52. The molecule has 0 saturated carbocycles. The molecular formula is C42H72N2O5. The van der Waals surface area contributed by atoms with Crippen LogP contribution < -0.4 is 0 Å². The molecule has 0 radical (unpaired) electrons. The molecule has 0 atom stereocenters. The Bertz CT molecular complexity index is 1280. The lowest BCUT2D eigenvalue weighted by molar-refractivity contribution is -0.165. The predicted molar refractivity (Wildman–Crippen MR) is 202 cm³/mol. The number of carboxylic acids is 2. The van der Waals surface area contributed by atoms with Crippen LogP contribution in [-0.2, 0) is 26.8 Å². The first-order chi connectivity index (χ1) is 21.9. The molecule has 2 fully saturated rings. The minimum atomic E-state index is -2.05. The van der Waals surface area contributed by atoms with Crippen LogP contribution in [0.15, 0.2) is 12.1 Å². The molecule has 7 heteroatoms. The summed E-state index contributed by atoms with van der Waals surface area (Å²) in [7, 11) is 4.46. The fourth-order valence-electron chi connectivity index (χ4n) is 9.70. The number of phenols is 1. The Morgan fingerprint density at radius 3 is 1.45 bits per heavy atom. The van der Waals surface area contributed by atoms with Crippen molar-refractivity contribution in [1.29, 1.82) is 0 Å². The summed E-state index contributed by atoms with van der Waals surface area (Å²) in [5, 5.41) is 33.0. The lowest BCUT2D eigenvalue weighted by atomic mass is 9.60. The highest BCUT2D eigenvalue weighted by Gasteiger charge is 2.52. The third kappa shape index (κ3) is 8.51. The van der Waals surface area contributed by atoms with Crippen LogP contribution in [0.3, 0.4) is 0 Å². The number of benzene rings is 1. The van der Waals surface area contributed by atoms with Crippen LogP contribution >= 0.6 is 0 Å². The van der Waals surface area contributed by atoms with Crippen molar-refractivity contribution in [2.24, 2.45) is 23.2 Å². The molecule has 0 aliphatic carbocycles. The van der Waals surface area contributed by atoms with Gasteiger partial charge in [-0.1, -0.05) is 60.1 Å². The monoisotopic (exact) mass is 685 g/mol. The highest BCUT2D eigenvalue weighted by molar-refractivity contribution is 5.98. The van der Waals surface area contributed by atoms with Gasteiger partial charge in [-0.25, -0.2) is 0 Å². The zero-order valence-electron chi connectivity index (χ0n) is 34.1. The second-order valence-electron chi connectivity index (χ2n) is 20.7. The smallest absolute Gasteiger partial charge is 0.321 e. The first kappa shape index (κ1) is 41.3. The van der Waals surface area contributed by atoms with E-state index < -0.39 is 22.8 Å². The van der Waals surface area contributed by atoms with Crippen LogP contribution in [0.2, 0.25) is 0 Å². The van der Waals surface area contributed by atoms with E-state index in [-0.39, 0.29) is 46.2 Å². The average Bonchev–Trinajstić information content (AvgIpc) is 2.90. The van der Waals surface area contributed by atoms with Crippen LogP contribution in [0.5, 0.6) is 5.75 Å². The number of phenolic OH excluding ortho intramolecular Hbond substituents is 1. The summed E-state index contributed by atoms with van der Waals surface area (Å²) in [4.78, 5) is 31.3. The third-order valence-electron chi connectivity index (χ3n) is 13.2. The van der Waals surface area contributed by atoms with Gasteiger partial charge < -0.3 is 15.3 Å². The Balaban J connectivity index is 2.06. The van der Waals surface area contributed by atoms with E-state index in [2.05, 4.69) is 100 Å². The summed E-state index contributed by atoms with van der Waals surface area (Å²) in [5.41, 5.74) is -0.638. The summed E-state index contributed by atoms with van der Waals surface area (Å²) in [6.45, 7) is 31.0. The zero-order chi connectivity index (χ0) is 37.9. The molecule has 0 amide bonds. The number of likely N-dealkylation sites (tertiary alicyclic amines) is 2. The molecule has 7 nitrogen and oxygen atoms in total. The standard InChI is InChI=1S/C42H72N2O5/c1-36(2,3)30-20-27(33(45)32(21-30)37(4,5)6)26-42(34(46)47,35(48)49)19-17-18-31(28-22-38(7,8)43(15)39(9,10)23-28)29-24-40(11,12)44(16)41(13,14)25-29/h20-21,28-29,31,45H,17-19,22-26H2,1-16H3,(H,46,47)(H,48,49). The maximum Gasteiger partial charge on any atom is 0.321 e. The van der Waals surface area contributed by atoms with Crippen molar-refractivity contribution in [3.05, 3.63) is 28.8 Å². The molecule has 1 aromatic rings. The van der Waals surface area contributed by atoms with Crippen molar-refractivity contribution >= 4 is 11.9 Å². The van der Waals surface area contributed by atoms with E-state index in [0.717, 1.165) is 37.7 Å². The molecule has 3 N–H and O–H groups in total. The van der Waals surface area contributed by atoms with Gasteiger partial charge in [0.2, 0.25) is 0 Å². The lowest BCUT2D eigenvalue weighted by Gasteiger charge is -2.59. The SMILES string of the molecule is CN1C(C)(C)CC(C(CCCC(Cc2cc(C(C)(C)C)cc(C(C)(C)C)c2O)(C(=O)O)C(=O)O)C2CC(C)(C)N(C)C(C)(C)C2)CC1(C)C. The zero-order valence-corrected chi connectivity index (χ0v) is 34.1. The van der Waals surface area contributed by atoms with Gasteiger partial charge in [-0.2, -0.15) is 0 Å². The molecule has 0 spiro atoms. The van der Waals surface area contributed by atoms with Crippen molar-refractivity contribution < 1.29 is 24.9 Å². The minimum absolute atomic E-state index is 0.00735. The summed E-state index contributed by atoms with van der Waals surface area (Å²) in [6, 6.07) is 3.82. The second-order valence-corrected chi connectivity index (χ2v) is 20.7. The van der Waals surface area contributed by atoms with Crippen LogP contribution in [0, 0.1) is 23.2 Å². The van der Waals surface area contributed by atoms with Crippen molar-refractivity contribution in [2.45, 2.75) is 181 Å². The third-order valence-corrected chi connectivity index (χ3v) is 13.2. The molecule has 2 aliphatic rings. The number of piperidine rings is 2. The van der Waals surface area contributed by atoms with Gasteiger partial charge >= 0.3 is 11.9 Å². The van der Waals surface area contributed by atoms with E-state index in [1.54, 1.807) is 0 Å². The Morgan fingerprint density at radius 1 is 0.735 bits per heavy atom. The van der Waals surface area contributed by atoms with E-state index in [0.29, 0.717) is 35.3 Å². The maximum absolute atomic E-state index is 13.2. The predicted octanol–water partition coefficient (Wildman–Crippen LogP) is 9.27. The average molecular weight is 685 g/mol. The van der Waals surface area contributed by atoms with E-state index in [1.165, 1.54) is 0 Å². The minimum Gasteiger partial charge on any atom is -0.507 e. The van der Waals surface area contributed by atoms with Crippen LogP contribution in [0.25, 0.3) is 0 Å². The quantitative estimate of drug-likeness (QED) is 0.211. The Morgan fingerprint density at radius 2 is 1.12 bits per heavy atom. The number of carbonyl (C=O) groups is 2. The highest BCUT2D eigenvalue weighted by atomic mass is 16.4. The first-order valence-electron chi connectivity index (χ1n) is 18.7. The number of carboxylic acid groups (broad SMARTS) is 2. The van der Waals surface area contributed by atoms with Crippen LogP contribution in [-0.4, -0.2) is 73.3 Å². The molecule has 2 heterocycles. The normalized spacial score (nSPS) is 22.4. The molecule has 280 valence electrons. The van der Waals surface area contributed by atoms with Crippen LogP contribution in [0.4, 0.5) is 0 Å². The van der Waals surface area contributed by atoms with E-state index in [1.807, 2.05) is 32.9 Å². The van der Waals surface area contributed by atoms with Crippen molar-refractivity contribution in [1.82, 2.24) is 9.80 Å². The Labute approximate surface area is 299 Å². The number of rotatable bonds is 10. The molecule has 2 aliphatic heterocycles. The fourth-order valence-corrected chi connectivity index (χ4v) is 9.70. The summed E-state index contributed by atoms with van der Waals surface area (Å²) < 4.78 is 0. The van der Waals surface area contributed by atoms with Gasteiger partial charge in [0.25, 0.3) is 0 Å². The Hall–Kier alpha value is -2.12. The number of hydrogen-bond donors (Lipinski definition) is 3. The van der Waals surface area contributed by atoms with Crippen molar-refractivity contribution in [3.63, 3.8) is 0 Å². The molecule has 0 bridgehead atoms. The molecule has 0 aromatic heterocycles. The Kier molecular flexibility index (Phi) is 11.3. The summed E-state index contributed by atoms with van der Waals surface area (Å²) in [5.74, 6) is -1.45.